The van der Waals surface area contributed by atoms with Crippen LogP contribution in [0, 0.1) is 0 Å². The van der Waals surface area contributed by atoms with Crippen molar-refractivity contribution in [2.24, 2.45) is 12.8 Å². The first-order valence-electron chi connectivity index (χ1n) is 6.47. The molecule has 1 aromatic carbocycles. The Morgan fingerprint density at radius 3 is 2.65 bits per heavy atom. The molecule has 0 unspecified atom stereocenters. The molecule has 1 aromatic heterocycles. The number of phenols is 1. The van der Waals surface area contributed by atoms with Crippen molar-refractivity contribution in [3.63, 3.8) is 0 Å². The molecule has 5 heteroatoms. The van der Waals surface area contributed by atoms with Crippen LogP contribution in [0.15, 0.2) is 42.6 Å². The smallest absolute Gasteiger partial charge is 0.237 e. The summed E-state index contributed by atoms with van der Waals surface area (Å²) in [6, 6.07) is 9.98. The van der Waals surface area contributed by atoms with Crippen LogP contribution in [0.25, 0.3) is 0 Å². The standard InChI is InChI=1S/C15H19N3O2/c1-18-8-2-3-12(18)10-17-15(20)14(16)9-11-4-6-13(19)7-5-11/h2-8,14,19H,9-10,16H2,1H3,(H,17,20)/t14-/m0/s1. The summed E-state index contributed by atoms with van der Waals surface area (Å²) in [5, 5.41) is 12.0. The van der Waals surface area contributed by atoms with E-state index in [1.807, 2.05) is 29.9 Å². The van der Waals surface area contributed by atoms with Gasteiger partial charge in [-0.25, -0.2) is 0 Å². The summed E-state index contributed by atoms with van der Waals surface area (Å²) in [5.41, 5.74) is 7.83. The molecule has 2 aromatic rings. The van der Waals surface area contributed by atoms with Gasteiger partial charge < -0.3 is 20.7 Å². The number of nitrogens with two attached hydrogens (primary N) is 1. The Morgan fingerprint density at radius 2 is 2.05 bits per heavy atom. The molecule has 0 radical (unpaired) electrons. The molecule has 0 saturated heterocycles. The van der Waals surface area contributed by atoms with Crippen LogP contribution in [0.3, 0.4) is 0 Å². The lowest BCUT2D eigenvalue weighted by Crippen LogP contribution is -2.41. The van der Waals surface area contributed by atoms with Gasteiger partial charge in [-0.05, 0) is 36.2 Å². The van der Waals surface area contributed by atoms with Crippen molar-refractivity contribution in [1.82, 2.24) is 9.88 Å². The van der Waals surface area contributed by atoms with Crippen LogP contribution in [0.5, 0.6) is 5.75 Å². The SMILES string of the molecule is Cn1cccc1CNC(=O)[C@@H](N)Cc1ccc(O)cc1. The highest BCUT2D eigenvalue weighted by atomic mass is 16.3. The minimum atomic E-state index is -0.597. The molecule has 0 aliphatic carbocycles. The lowest BCUT2D eigenvalue weighted by atomic mass is 10.1. The van der Waals surface area contributed by atoms with Crippen molar-refractivity contribution in [3.05, 3.63) is 53.9 Å². The predicted molar refractivity (Wildman–Crippen MR) is 77.0 cm³/mol. The van der Waals surface area contributed by atoms with E-state index in [4.69, 9.17) is 5.73 Å². The molecule has 0 spiro atoms. The first-order chi connectivity index (χ1) is 9.56. The summed E-state index contributed by atoms with van der Waals surface area (Å²) in [6.07, 6.45) is 2.37. The summed E-state index contributed by atoms with van der Waals surface area (Å²) < 4.78 is 1.95. The second-order valence-corrected chi connectivity index (χ2v) is 4.81. The van der Waals surface area contributed by atoms with Gasteiger partial charge in [0.05, 0.1) is 12.6 Å². The van der Waals surface area contributed by atoms with E-state index in [0.717, 1.165) is 11.3 Å². The van der Waals surface area contributed by atoms with Crippen molar-refractivity contribution in [2.45, 2.75) is 19.0 Å². The molecule has 1 amide bonds. The van der Waals surface area contributed by atoms with Gasteiger partial charge in [-0.3, -0.25) is 4.79 Å². The maximum Gasteiger partial charge on any atom is 0.237 e. The zero-order chi connectivity index (χ0) is 14.5. The molecule has 106 valence electrons. The van der Waals surface area contributed by atoms with Gasteiger partial charge in [0, 0.05) is 18.9 Å². The largest absolute Gasteiger partial charge is 0.508 e. The Kier molecular flexibility index (Phi) is 4.42. The van der Waals surface area contributed by atoms with Gasteiger partial charge in [0.1, 0.15) is 5.75 Å². The van der Waals surface area contributed by atoms with Crippen molar-refractivity contribution < 1.29 is 9.90 Å². The highest BCUT2D eigenvalue weighted by Gasteiger charge is 2.14. The average molecular weight is 273 g/mol. The Bertz CT molecular complexity index is 575. The zero-order valence-corrected chi connectivity index (χ0v) is 11.4. The van der Waals surface area contributed by atoms with Crippen molar-refractivity contribution in [1.29, 1.82) is 0 Å². The fraction of sp³-hybridized carbons (Fsp3) is 0.267. The number of aryl methyl sites for hydroxylation is 1. The number of aromatic nitrogens is 1. The summed E-state index contributed by atoms with van der Waals surface area (Å²) >= 11 is 0. The molecule has 5 nitrogen and oxygen atoms in total. The zero-order valence-electron chi connectivity index (χ0n) is 11.4. The Morgan fingerprint density at radius 1 is 1.35 bits per heavy atom. The first-order valence-corrected chi connectivity index (χ1v) is 6.47. The van der Waals surface area contributed by atoms with E-state index >= 15 is 0 Å². The van der Waals surface area contributed by atoms with Crippen LogP contribution < -0.4 is 11.1 Å². The highest BCUT2D eigenvalue weighted by molar-refractivity contribution is 5.81. The second-order valence-electron chi connectivity index (χ2n) is 4.81. The monoisotopic (exact) mass is 273 g/mol. The van der Waals surface area contributed by atoms with E-state index in [2.05, 4.69) is 5.32 Å². The van der Waals surface area contributed by atoms with Crippen LogP contribution in [-0.2, 0) is 24.8 Å². The quantitative estimate of drug-likeness (QED) is 0.757. The molecule has 4 N–H and O–H groups in total. The van der Waals surface area contributed by atoms with Gasteiger partial charge in [-0.2, -0.15) is 0 Å². The van der Waals surface area contributed by atoms with Gasteiger partial charge in [0.15, 0.2) is 0 Å². The second kappa shape index (κ2) is 6.25. The van der Waals surface area contributed by atoms with E-state index in [1.54, 1.807) is 24.3 Å². The van der Waals surface area contributed by atoms with Crippen molar-refractivity contribution in [3.8, 4) is 5.75 Å². The maximum absolute atomic E-state index is 11.9. The molecule has 0 fully saturated rings. The third-order valence-corrected chi connectivity index (χ3v) is 3.22. The molecule has 0 aliphatic heterocycles. The summed E-state index contributed by atoms with van der Waals surface area (Å²) in [6.45, 7) is 0.464. The molecular formula is C15H19N3O2. The minimum absolute atomic E-state index is 0.181. The number of amides is 1. The van der Waals surface area contributed by atoms with Crippen LogP contribution >= 0.6 is 0 Å². The molecule has 1 heterocycles. The third kappa shape index (κ3) is 3.61. The molecule has 0 aliphatic rings. The molecule has 20 heavy (non-hydrogen) atoms. The Balaban J connectivity index is 1.86. The number of nitrogens with zero attached hydrogens (tertiary/aromatic N) is 1. The van der Waals surface area contributed by atoms with Crippen molar-refractivity contribution in [2.75, 3.05) is 0 Å². The number of carbonyl (C=O) groups excluding carboxylic acids is 1. The van der Waals surface area contributed by atoms with E-state index in [1.165, 1.54) is 0 Å². The Hall–Kier alpha value is -2.27. The van der Waals surface area contributed by atoms with Gasteiger partial charge in [0.25, 0.3) is 0 Å². The van der Waals surface area contributed by atoms with Crippen molar-refractivity contribution >= 4 is 5.91 Å². The highest BCUT2D eigenvalue weighted by Crippen LogP contribution is 2.11. The molecular weight excluding hydrogens is 254 g/mol. The fourth-order valence-electron chi connectivity index (χ4n) is 1.97. The number of carbonyl (C=O) groups is 1. The van der Waals surface area contributed by atoms with Crippen LogP contribution in [0.2, 0.25) is 0 Å². The van der Waals surface area contributed by atoms with Gasteiger partial charge in [0.2, 0.25) is 5.91 Å². The Labute approximate surface area is 118 Å². The van der Waals surface area contributed by atoms with Gasteiger partial charge in [-0.1, -0.05) is 12.1 Å². The molecule has 0 bridgehead atoms. The normalized spacial score (nSPS) is 12.1. The number of benzene rings is 1. The van der Waals surface area contributed by atoms with E-state index < -0.39 is 6.04 Å². The molecule has 2 rings (SSSR count). The number of rotatable bonds is 5. The maximum atomic E-state index is 11.9. The third-order valence-electron chi connectivity index (χ3n) is 3.22. The molecule has 0 saturated carbocycles. The van der Waals surface area contributed by atoms with E-state index in [0.29, 0.717) is 13.0 Å². The first kappa shape index (κ1) is 14.1. The van der Waals surface area contributed by atoms with E-state index in [-0.39, 0.29) is 11.7 Å². The number of hydrogen-bond donors (Lipinski definition) is 3. The lowest BCUT2D eigenvalue weighted by molar-refractivity contribution is -0.122. The average Bonchev–Trinajstić information content (AvgIpc) is 2.84. The van der Waals surface area contributed by atoms with Crippen LogP contribution in [0.1, 0.15) is 11.3 Å². The lowest BCUT2D eigenvalue weighted by Gasteiger charge is -2.13. The number of hydrogen-bond acceptors (Lipinski definition) is 3. The predicted octanol–water partition coefficient (Wildman–Crippen LogP) is 0.917. The van der Waals surface area contributed by atoms with Crippen LogP contribution in [0.4, 0.5) is 0 Å². The van der Waals surface area contributed by atoms with Gasteiger partial charge >= 0.3 is 0 Å². The number of aromatic hydroxyl groups is 1. The topological polar surface area (TPSA) is 80.3 Å². The summed E-state index contributed by atoms with van der Waals surface area (Å²) in [7, 11) is 1.93. The van der Waals surface area contributed by atoms with Crippen LogP contribution in [-0.4, -0.2) is 21.6 Å². The summed E-state index contributed by atoms with van der Waals surface area (Å²) in [5.74, 6) is 0.0229. The van der Waals surface area contributed by atoms with E-state index in [9.17, 15) is 9.90 Å². The number of phenolic OH excluding ortho intramolecular Hbond substituents is 1. The van der Waals surface area contributed by atoms with Gasteiger partial charge in [-0.15, -0.1) is 0 Å². The molecule has 1 atom stereocenters. The fourth-order valence-corrected chi connectivity index (χ4v) is 1.97. The number of nitrogens with one attached hydrogen (secondary N) is 1. The summed E-state index contributed by atoms with van der Waals surface area (Å²) in [4.78, 5) is 11.9. The minimum Gasteiger partial charge on any atom is -0.508 e.